The molecule has 0 fully saturated rings. The SMILES string of the molecule is CCCCCC/C=C\CCCCCCCC(=O)OCCCCCCCCCCCCCCCCCCCCCCCCCCCCCCCCCCCCCC(=O)NC(CO)C(O)/C=C/CCCCCCCCC. The normalized spacial score (nSPS) is 12.6. The molecule has 0 saturated heterocycles. The number of esters is 1. The lowest BCUT2D eigenvalue weighted by molar-refractivity contribution is -0.143. The van der Waals surface area contributed by atoms with Gasteiger partial charge in [-0.15, -0.1) is 0 Å². The zero-order valence-electron chi connectivity index (χ0n) is 50.1. The monoisotopic (exact) mass is 1040 g/mol. The second-order valence-corrected chi connectivity index (χ2v) is 23.2. The minimum Gasteiger partial charge on any atom is -0.466 e. The predicted octanol–water partition coefficient (Wildman–Crippen LogP) is 21.4. The largest absolute Gasteiger partial charge is 0.466 e. The number of rotatable bonds is 63. The van der Waals surface area contributed by atoms with Crippen LogP contribution in [0.15, 0.2) is 24.3 Å². The molecule has 2 atom stereocenters. The van der Waals surface area contributed by atoms with Gasteiger partial charge in [-0.3, -0.25) is 9.59 Å². The fraction of sp³-hybridized carbons (Fsp3) is 0.912. The Kier molecular flexibility index (Phi) is 62.4. The van der Waals surface area contributed by atoms with Crippen LogP contribution in [0.25, 0.3) is 0 Å². The molecule has 0 aliphatic rings. The van der Waals surface area contributed by atoms with Crippen LogP contribution in [0.4, 0.5) is 0 Å². The summed E-state index contributed by atoms with van der Waals surface area (Å²) < 4.78 is 5.48. The highest BCUT2D eigenvalue weighted by molar-refractivity contribution is 5.76. The van der Waals surface area contributed by atoms with E-state index in [-0.39, 0.29) is 18.5 Å². The summed E-state index contributed by atoms with van der Waals surface area (Å²) >= 11 is 0. The van der Waals surface area contributed by atoms with Gasteiger partial charge in [-0.25, -0.2) is 0 Å². The molecule has 3 N–H and O–H groups in total. The van der Waals surface area contributed by atoms with E-state index in [4.69, 9.17) is 4.74 Å². The first kappa shape index (κ1) is 72.3. The fourth-order valence-corrected chi connectivity index (χ4v) is 10.6. The van der Waals surface area contributed by atoms with Crippen molar-refractivity contribution in [2.24, 2.45) is 0 Å². The molecule has 0 aliphatic carbocycles. The number of aliphatic hydroxyl groups excluding tert-OH is 2. The second kappa shape index (κ2) is 63.9. The van der Waals surface area contributed by atoms with Gasteiger partial charge in [0.1, 0.15) is 0 Å². The average Bonchev–Trinajstić information content (AvgIpc) is 3.40. The molecule has 0 bridgehead atoms. The van der Waals surface area contributed by atoms with Crippen molar-refractivity contribution < 1.29 is 24.5 Å². The quantitative estimate of drug-likeness (QED) is 0.0320. The number of allylic oxidation sites excluding steroid dienone is 3. The summed E-state index contributed by atoms with van der Waals surface area (Å²) in [7, 11) is 0. The van der Waals surface area contributed by atoms with Crippen LogP contribution in [0.1, 0.15) is 373 Å². The Morgan fingerprint density at radius 3 is 0.973 bits per heavy atom. The van der Waals surface area contributed by atoms with Crippen molar-refractivity contribution in [1.82, 2.24) is 5.32 Å². The third-order valence-electron chi connectivity index (χ3n) is 15.7. The highest BCUT2D eigenvalue weighted by Crippen LogP contribution is 2.19. The summed E-state index contributed by atoms with van der Waals surface area (Å²) in [5.41, 5.74) is 0. The summed E-state index contributed by atoms with van der Waals surface area (Å²) in [6.45, 7) is 4.88. The van der Waals surface area contributed by atoms with Gasteiger partial charge in [0.05, 0.1) is 25.4 Å². The van der Waals surface area contributed by atoms with E-state index in [1.54, 1.807) is 6.08 Å². The Labute approximate surface area is 462 Å². The Morgan fingerprint density at radius 2 is 0.635 bits per heavy atom. The number of hydrogen-bond donors (Lipinski definition) is 3. The molecule has 6 nitrogen and oxygen atoms in total. The minimum absolute atomic E-state index is 0.0133. The summed E-state index contributed by atoms with van der Waals surface area (Å²) in [5.74, 6) is -0.0508. The van der Waals surface area contributed by atoms with Crippen molar-refractivity contribution in [2.75, 3.05) is 13.2 Å². The van der Waals surface area contributed by atoms with Crippen molar-refractivity contribution in [3.05, 3.63) is 24.3 Å². The second-order valence-electron chi connectivity index (χ2n) is 23.2. The molecule has 0 aromatic carbocycles. The van der Waals surface area contributed by atoms with E-state index in [1.165, 1.54) is 302 Å². The fourth-order valence-electron chi connectivity index (χ4n) is 10.6. The molecule has 0 aliphatic heterocycles. The molecule has 438 valence electrons. The van der Waals surface area contributed by atoms with Gasteiger partial charge in [0.25, 0.3) is 0 Å². The van der Waals surface area contributed by atoms with E-state index < -0.39 is 12.1 Å². The summed E-state index contributed by atoms with van der Waals surface area (Å²) in [6.07, 6.45) is 79.9. The highest BCUT2D eigenvalue weighted by Gasteiger charge is 2.18. The third kappa shape index (κ3) is 59.6. The summed E-state index contributed by atoms with van der Waals surface area (Å²) in [6, 6.07) is -0.621. The molecule has 0 aromatic heterocycles. The van der Waals surface area contributed by atoms with Crippen molar-refractivity contribution >= 4 is 11.9 Å². The number of amides is 1. The Bertz CT molecular complexity index is 1150. The van der Waals surface area contributed by atoms with Crippen LogP contribution in [-0.4, -0.2) is 47.4 Å². The van der Waals surface area contributed by atoms with E-state index in [2.05, 4.69) is 31.3 Å². The molecule has 0 radical (unpaired) electrons. The van der Waals surface area contributed by atoms with Gasteiger partial charge in [0.15, 0.2) is 0 Å². The Balaban J connectivity index is 3.28. The molecule has 0 spiro atoms. The number of aliphatic hydroxyl groups is 2. The molecule has 0 saturated carbocycles. The van der Waals surface area contributed by atoms with Crippen molar-refractivity contribution in [1.29, 1.82) is 0 Å². The Morgan fingerprint density at radius 1 is 0.365 bits per heavy atom. The van der Waals surface area contributed by atoms with E-state index >= 15 is 0 Å². The van der Waals surface area contributed by atoms with Gasteiger partial charge in [-0.05, 0) is 57.8 Å². The van der Waals surface area contributed by atoms with Crippen molar-refractivity contribution in [3.8, 4) is 0 Å². The maximum atomic E-state index is 12.4. The number of carbonyl (C=O) groups is 2. The molecule has 2 unspecified atom stereocenters. The number of ether oxygens (including phenoxy) is 1. The van der Waals surface area contributed by atoms with Crippen LogP contribution >= 0.6 is 0 Å². The van der Waals surface area contributed by atoms with Crippen LogP contribution < -0.4 is 5.32 Å². The first-order chi connectivity index (χ1) is 36.5. The molecule has 6 heteroatoms. The van der Waals surface area contributed by atoms with Crippen LogP contribution in [-0.2, 0) is 14.3 Å². The van der Waals surface area contributed by atoms with Gasteiger partial charge in [0, 0.05) is 12.8 Å². The third-order valence-corrected chi connectivity index (χ3v) is 15.7. The van der Waals surface area contributed by atoms with Gasteiger partial charge < -0.3 is 20.3 Å². The maximum absolute atomic E-state index is 12.4. The first-order valence-corrected chi connectivity index (χ1v) is 33.6. The molecular formula is C68H131NO5. The van der Waals surface area contributed by atoms with Crippen LogP contribution in [0.5, 0.6) is 0 Å². The lowest BCUT2D eigenvalue weighted by Gasteiger charge is -2.20. The first-order valence-electron chi connectivity index (χ1n) is 33.6. The topological polar surface area (TPSA) is 95.9 Å². The van der Waals surface area contributed by atoms with Crippen LogP contribution in [0.2, 0.25) is 0 Å². The molecule has 0 rings (SSSR count). The van der Waals surface area contributed by atoms with Crippen molar-refractivity contribution in [2.45, 2.75) is 386 Å². The van der Waals surface area contributed by atoms with Crippen LogP contribution in [0.3, 0.4) is 0 Å². The average molecular weight is 1040 g/mol. The van der Waals surface area contributed by atoms with E-state index in [0.717, 1.165) is 44.9 Å². The minimum atomic E-state index is -0.838. The number of unbranched alkanes of at least 4 members (excludes halogenated alkanes) is 50. The lowest BCUT2D eigenvalue weighted by atomic mass is 10.0. The van der Waals surface area contributed by atoms with Gasteiger partial charge >= 0.3 is 5.97 Å². The number of carbonyl (C=O) groups excluding carboxylic acids is 2. The van der Waals surface area contributed by atoms with Gasteiger partial charge in [-0.1, -0.05) is 327 Å². The highest BCUT2D eigenvalue weighted by atomic mass is 16.5. The zero-order valence-corrected chi connectivity index (χ0v) is 50.1. The van der Waals surface area contributed by atoms with E-state index in [9.17, 15) is 19.8 Å². The summed E-state index contributed by atoms with van der Waals surface area (Å²) in [4.78, 5) is 24.4. The van der Waals surface area contributed by atoms with E-state index in [1.807, 2.05) is 6.08 Å². The smallest absolute Gasteiger partial charge is 0.305 e. The van der Waals surface area contributed by atoms with Crippen molar-refractivity contribution in [3.63, 3.8) is 0 Å². The zero-order chi connectivity index (χ0) is 53.6. The molecular weight excluding hydrogens is 911 g/mol. The maximum Gasteiger partial charge on any atom is 0.305 e. The van der Waals surface area contributed by atoms with Gasteiger partial charge in [0.2, 0.25) is 5.91 Å². The Hall–Kier alpha value is -1.66. The predicted molar refractivity (Wildman–Crippen MR) is 324 cm³/mol. The van der Waals surface area contributed by atoms with E-state index in [0.29, 0.717) is 19.4 Å². The lowest BCUT2D eigenvalue weighted by Crippen LogP contribution is -2.45. The van der Waals surface area contributed by atoms with Gasteiger partial charge in [-0.2, -0.15) is 0 Å². The summed E-state index contributed by atoms with van der Waals surface area (Å²) in [5, 5.41) is 23.0. The molecule has 0 aromatic rings. The molecule has 74 heavy (non-hydrogen) atoms. The standard InChI is InChI=1S/C68H131NO5/c1-3-5-7-9-11-13-14-38-42-46-50-54-58-62-68(73)74-63-59-55-51-47-43-40-37-35-33-31-29-27-25-23-21-19-17-15-16-18-20-22-24-26-28-30-32-34-36-39-41-45-49-53-57-61-67(72)69-65(64-70)66(71)60-56-52-48-44-12-10-8-6-4-2/h13-14,56,60,65-66,70-71H,3-12,15-55,57-59,61-64H2,1-2H3,(H,69,72)/b14-13-,60-56+. The molecule has 1 amide bonds. The molecule has 0 heterocycles. The number of nitrogens with one attached hydrogen (secondary N) is 1. The van der Waals surface area contributed by atoms with Crippen LogP contribution in [0, 0.1) is 0 Å². The number of hydrogen-bond acceptors (Lipinski definition) is 5.